The van der Waals surface area contributed by atoms with E-state index in [0.29, 0.717) is 0 Å². The molecule has 0 aromatic heterocycles. The second-order valence-electron chi connectivity index (χ2n) is 0.431. The molecular weight excluding hydrogens is 154 g/mol. The van der Waals surface area contributed by atoms with Gasteiger partial charge in [-0.1, -0.05) is 0 Å². The maximum atomic E-state index is 10.1. The molecule has 0 N–H and O–H groups in total. The van der Waals surface area contributed by atoms with Gasteiger partial charge in [0.15, 0.2) is 0 Å². The Balaban J connectivity index is 0. The van der Waals surface area contributed by atoms with Crippen molar-refractivity contribution in [2.45, 2.75) is 0 Å². The number of rotatable bonds is 0. The first-order chi connectivity index (χ1) is 2.00. The molecular formula is FFeO3P. The summed E-state index contributed by atoms with van der Waals surface area (Å²) >= 11 is 0. The Labute approximate surface area is 44.3 Å². The molecule has 0 amide bonds. The van der Waals surface area contributed by atoms with E-state index in [1.54, 1.807) is 0 Å². The predicted molar refractivity (Wildman–Crippen MR) is 8.71 cm³/mol. The fourth-order valence-corrected chi connectivity index (χ4v) is 0. The Morgan fingerprint density at radius 1 is 1.50 bits per heavy atom. The molecule has 0 rings (SSSR count). The molecule has 0 aromatic carbocycles. The van der Waals surface area contributed by atoms with Gasteiger partial charge in [0.25, 0.3) is 0 Å². The number of hydrogen-bond donors (Lipinski definition) is 0. The van der Waals surface area contributed by atoms with Crippen LogP contribution in [0.4, 0.5) is 4.20 Å². The SMILES string of the molecule is O=P([O-])([O-])F.[Fe+2]. The maximum Gasteiger partial charge on any atom is 2.00 e. The Kier molecular flexibility index (Phi) is 4.43. The fraction of sp³-hybridized carbons (Fsp3) is 0. The van der Waals surface area contributed by atoms with E-state index in [1.165, 1.54) is 0 Å². The van der Waals surface area contributed by atoms with Crippen LogP contribution in [0.5, 0.6) is 0 Å². The summed E-state index contributed by atoms with van der Waals surface area (Å²) in [6.45, 7) is 0. The average Bonchev–Trinajstić information content (AvgIpc) is 0.722. The Morgan fingerprint density at radius 3 is 1.50 bits per heavy atom. The summed E-state index contributed by atoms with van der Waals surface area (Å²) in [6.07, 6.45) is 0. The quantitative estimate of drug-likeness (QED) is 0.324. The molecule has 0 spiro atoms. The third kappa shape index (κ3) is 166. The van der Waals surface area contributed by atoms with Crippen LogP contribution in [0.25, 0.3) is 0 Å². The van der Waals surface area contributed by atoms with Gasteiger partial charge >= 0.3 is 17.1 Å². The summed E-state index contributed by atoms with van der Waals surface area (Å²) < 4.78 is 18.6. The Morgan fingerprint density at radius 2 is 1.50 bits per heavy atom. The van der Waals surface area contributed by atoms with Gasteiger partial charge in [-0.3, -0.25) is 0 Å². The molecule has 0 unspecified atom stereocenters. The van der Waals surface area contributed by atoms with Crippen LogP contribution in [0.3, 0.4) is 0 Å². The minimum absolute atomic E-state index is 0. The molecule has 0 aliphatic carbocycles. The van der Waals surface area contributed by atoms with Gasteiger partial charge in [-0.05, 0) is 0 Å². The molecule has 0 atom stereocenters. The first-order valence-corrected chi connectivity index (χ1v) is 2.15. The van der Waals surface area contributed by atoms with E-state index in [-0.39, 0.29) is 17.1 Å². The van der Waals surface area contributed by atoms with Crippen LogP contribution in [0.1, 0.15) is 0 Å². The number of halogens is 1. The van der Waals surface area contributed by atoms with Crippen molar-refractivity contribution in [3.8, 4) is 0 Å². The molecule has 0 aliphatic rings. The topological polar surface area (TPSA) is 63.2 Å². The summed E-state index contributed by atoms with van der Waals surface area (Å²) in [5.74, 6) is 0. The van der Waals surface area contributed by atoms with Crippen molar-refractivity contribution in [3.63, 3.8) is 0 Å². The molecule has 0 radical (unpaired) electrons. The predicted octanol–water partition coefficient (Wildman–Crippen LogP) is -1.22. The van der Waals surface area contributed by atoms with Crippen molar-refractivity contribution in [1.82, 2.24) is 0 Å². The summed E-state index contributed by atoms with van der Waals surface area (Å²) in [5.41, 5.74) is 0. The Hall–Kier alpha value is 0.599. The molecule has 0 fully saturated rings. The van der Waals surface area contributed by atoms with Crippen LogP contribution < -0.4 is 9.79 Å². The molecule has 0 saturated heterocycles. The molecule has 0 bridgehead atoms. The molecule has 0 aromatic rings. The van der Waals surface area contributed by atoms with Gasteiger partial charge in [-0.25, -0.2) is 4.20 Å². The van der Waals surface area contributed by atoms with Crippen LogP contribution in [0.15, 0.2) is 0 Å². The van der Waals surface area contributed by atoms with E-state index in [9.17, 15) is 4.20 Å². The first kappa shape index (κ1) is 9.78. The van der Waals surface area contributed by atoms with Crippen molar-refractivity contribution in [2.75, 3.05) is 0 Å². The van der Waals surface area contributed by atoms with Gasteiger partial charge in [0.1, 0.15) is 7.91 Å². The van der Waals surface area contributed by atoms with Crippen molar-refractivity contribution >= 4 is 7.91 Å². The average molecular weight is 154 g/mol. The molecule has 38 valence electrons. The largest absolute Gasteiger partial charge is 2.00 e. The van der Waals surface area contributed by atoms with Crippen molar-refractivity contribution in [1.29, 1.82) is 0 Å². The molecule has 0 aliphatic heterocycles. The fourth-order valence-electron chi connectivity index (χ4n) is 0. The number of hydrogen-bond acceptors (Lipinski definition) is 3. The van der Waals surface area contributed by atoms with E-state index < -0.39 is 7.91 Å². The second-order valence-corrected chi connectivity index (χ2v) is 1.29. The van der Waals surface area contributed by atoms with Crippen molar-refractivity contribution < 1.29 is 35.6 Å². The standard InChI is InChI=1S/FH2O3P.Fe/c1-5(2,3)4;/h(H2,2,3,4);/q;+2/p-2. The smallest absolute Gasteiger partial charge is 0.786 e. The summed E-state index contributed by atoms with van der Waals surface area (Å²) in [6, 6.07) is 0. The minimum atomic E-state index is -5.64. The zero-order chi connectivity index (χ0) is 4.50. The Bertz CT molecular complexity index is 56.9. The van der Waals surface area contributed by atoms with Crippen LogP contribution in [-0.2, 0) is 21.6 Å². The zero-order valence-electron chi connectivity index (χ0n) is 2.40. The van der Waals surface area contributed by atoms with E-state index in [4.69, 9.17) is 14.4 Å². The molecule has 6 heteroatoms. The minimum Gasteiger partial charge on any atom is -0.786 e. The van der Waals surface area contributed by atoms with Crippen molar-refractivity contribution in [2.24, 2.45) is 0 Å². The van der Waals surface area contributed by atoms with E-state index in [1.807, 2.05) is 0 Å². The van der Waals surface area contributed by atoms with Crippen LogP contribution in [-0.4, -0.2) is 0 Å². The third-order valence-corrected chi connectivity index (χ3v) is 0. The van der Waals surface area contributed by atoms with Gasteiger partial charge in [0.05, 0.1) is 0 Å². The van der Waals surface area contributed by atoms with E-state index >= 15 is 0 Å². The first-order valence-electron chi connectivity index (χ1n) is 0.717. The summed E-state index contributed by atoms with van der Waals surface area (Å²) in [4.78, 5) is 16.9. The van der Waals surface area contributed by atoms with Gasteiger partial charge in [0, 0.05) is 0 Å². The van der Waals surface area contributed by atoms with Gasteiger partial charge in [-0.15, -0.1) is 0 Å². The maximum absolute atomic E-state index is 10.1. The monoisotopic (exact) mass is 154 g/mol. The molecule has 0 saturated carbocycles. The van der Waals surface area contributed by atoms with Crippen LogP contribution in [0.2, 0.25) is 0 Å². The summed E-state index contributed by atoms with van der Waals surface area (Å²) in [5, 5.41) is 0. The van der Waals surface area contributed by atoms with Gasteiger partial charge in [-0.2, -0.15) is 0 Å². The molecule has 6 heavy (non-hydrogen) atoms. The van der Waals surface area contributed by atoms with Crippen LogP contribution in [0, 0.1) is 0 Å². The van der Waals surface area contributed by atoms with Gasteiger partial charge in [0.2, 0.25) is 0 Å². The summed E-state index contributed by atoms with van der Waals surface area (Å²) in [7, 11) is -5.64. The van der Waals surface area contributed by atoms with Gasteiger partial charge < -0.3 is 14.4 Å². The van der Waals surface area contributed by atoms with Crippen molar-refractivity contribution in [3.05, 3.63) is 0 Å². The van der Waals surface area contributed by atoms with E-state index in [0.717, 1.165) is 0 Å². The molecule has 0 heterocycles. The third-order valence-electron chi connectivity index (χ3n) is 0. The normalized spacial score (nSPS) is 9.83. The second kappa shape index (κ2) is 2.72. The van der Waals surface area contributed by atoms with Crippen LogP contribution >= 0.6 is 7.91 Å². The zero-order valence-corrected chi connectivity index (χ0v) is 4.40. The molecule has 3 nitrogen and oxygen atoms in total. The van der Waals surface area contributed by atoms with E-state index in [2.05, 4.69) is 0 Å².